The van der Waals surface area contributed by atoms with Crippen LogP contribution in [0.5, 0.6) is 0 Å². The molecule has 0 unspecified atom stereocenters. The summed E-state index contributed by atoms with van der Waals surface area (Å²) in [7, 11) is 0. The van der Waals surface area contributed by atoms with Crippen molar-refractivity contribution in [2.45, 2.75) is 20.3 Å². The Morgan fingerprint density at radius 2 is 2.11 bits per heavy atom. The number of amides is 1. The predicted molar refractivity (Wildman–Crippen MR) is 79.0 cm³/mol. The number of allylic oxidation sites excluding steroid dienone is 1. The van der Waals surface area contributed by atoms with Crippen molar-refractivity contribution < 1.29 is 4.79 Å². The van der Waals surface area contributed by atoms with Gasteiger partial charge in [0, 0.05) is 17.0 Å². The lowest BCUT2D eigenvalue weighted by molar-refractivity contribution is -0.123. The van der Waals surface area contributed by atoms with Crippen LogP contribution in [-0.2, 0) is 4.79 Å². The first-order valence-electron chi connectivity index (χ1n) is 6.31. The van der Waals surface area contributed by atoms with Crippen molar-refractivity contribution >= 4 is 22.5 Å². The molecule has 0 aliphatic rings. The zero-order valence-corrected chi connectivity index (χ0v) is 11.3. The molecule has 0 atom stereocenters. The lowest BCUT2D eigenvalue weighted by Crippen LogP contribution is -2.30. The summed E-state index contributed by atoms with van der Waals surface area (Å²) in [5, 5.41) is 3.98. The maximum atomic E-state index is 12.3. The Hall–Kier alpha value is -2.16. The fourth-order valence-electron chi connectivity index (χ4n) is 1.95. The zero-order chi connectivity index (χ0) is 13.9. The predicted octanol–water partition coefficient (Wildman–Crippen LogP) is 3.78. The highest BCUT2D eigenvalue weighted by Crippen LogP contribution is 2.26. The fourth-order valence-corrected chi connectivity index (χ4v) is 1.95. The van der Waals surface area contributed by atoms with Gasteiger partial charge >= 0.3 is 0 Å². The van der Waals surface area contributed by atoms with Gasteiger partial charge in [-0.15, -0.1) is 6.58 Å². The average Bonchev–Trinajstić information content (AvgIpc) is 2.39. The summed E-state index contributed by atoms with van der Waals surface area (Å²) in [5.41, 5.74) is 1.09. The van der Waals surface area contributed by atoms with Gasteiger partial charge in [-0.25, -0.2) is 0 Å². The number of anilines is 1. The topological polar surface area (TPSA) is 42.0 Å². The number of hydrogen-bond acceptors (Lipinski definition) is 2. The molecule has 0 saturated heterocycles. The number of carbonyl (C=O) groups is 1. The molecule has 0 aliphatic heterocycles. The van der Waals surface area contributed by atoms with E-state index in [1.54, 1.807) is 12.3 Å². The normalized spacial score (nSPS) is 11.3. The smallest absolute Gasteiger partial charge is 0.230 e. The minimum atomic E-state index is -0.474. The SMILES string of the molecule is C=CCC(C)(C)C(=O)Nc1cccc2cccnc12. The second-order valence-electron chi connectivity index (χ2n) is 5.21. The number of hydrogen-bond donors (Lipinski definition) is 1. The van der Waals surface area contributed by atoms with Gasteiger partial charge in [0.25, 0.3) is 0 Å². The number of benzene rings is 1. The molecule has 3 nitrogen and oxygen atoms in total. The molecular weight excluding hydrogens is 236 g/mol. The van der Waals surface area contributed by atoms with Crippen molar-refractivity contribution in [1.82, 2.24) is 4.98 Å². The zero-order valence-electron chi connectivity index (χ0n) is 11.3. The number of pyridine rings is 1. The highest BCUT2D eigenvalue weighted by Gasteiger charge is 2.26. The van der Waals surface area contributed by atoms with E-state index in [0.29, 0.717) is 6.42 Å². The van der Waals surface area contributed by atoms with E-state index in [1.807, 2.05) is 44.2 Å². The van der Waals surface area contributed by atoms with Gasteiger partial charge < -0.3 is 5.32 Å². The Labute approximate surface area is 113 Å². The van der Waals surface area contributed by atoms with E-state index in [2.05, 4.69) is 16.9 Å². The highest BCUT2D eigenvalue weighted by atomic mass is 16.2. The first-order valence-corrected chi connectivity index (χ1v) is 6.31. The number of carbonyl (C=O) groups excluding carboxylic acids is 1. The van der Waals surface area contributed by atoms with Crippen LogP contribution in [0.1, 0.15) is 20.3 Å². The molecule has 1 N–H and O–H groups in total. The van der Waals surface area contributed by atoms with Gasteiger partial charge in [0.1, 0.15) is 0 Å². The summed E-state index contributed by atoms with van der Waals surface area (Å²) < 4.78 is 0. The number of nitrogens with one attached hydrogen (secondary N) is 1. The molecule has 19 heavy (non-hydrogen) atoms. The number of rotatable bonds is 4. The third-order valence-electron chi connectivity index (χ3n) is 3.15. The third-order valence-corrected chi connectivity index (χ3v) is 3.15. The molecule has 1 amide bonds. The highest BCUT2D eigenvalue weighted by molar-refractivity contribution is 6.02. The number of fused-ring (bicyclic) bond motifs is 1. The van der Waals surface area contributed by atoms with Gasteiger partial charge in [-0.2, -0.15) is 0 Å². The van der Waals surface area contributed by atoms with E-state index >= 15 is 0 Å². The van der Waals surface area contributed by atoms with Crippen LogP contribution in [0.2, 0.25) is 0 Å². The maximum absolute atomic E-state index is 12.3. The molecule has 3 heteroatoms. The molecule has 0 fully saturated rings. The van der Waals surface area contributed by atoms with Crippen molar-refractivity contribution in [3.63, 3.8) is 0 Å². The molecule has 98 valence electrons. The van der Waals surface area contributed by atoms with E-state index in [1.165, 1.54) is 0 Å². The monoisotopic (exact) mass is 254 g/mol. The van der Waals surface area contributed by atoms with Gasteiger partial charge in [0.15, 0.2) is 0 Å². The molecule has 2 rings (SSSR count). The molecule has 0 saturated carbocycles. The second kappa shape index (κ2) is 5.22. The van der Waals surface area contributed by atoms with Crippen LogP contribution < -0.4 is 5.32 Å². The summed E-state index contributed by atoms with van der Waals surface area (Å²) in [5.74, 6) is -0.0226. The third kappa shape index (κ3) is 2.81. The Balaban J connectivity index is 2.31. The molecule has 1 aromatic heterocycles. The molecule has 0 spiro atoms. The van der Waals surface area contributed by atoms with Crippen molar-refractivity contribution in [3.8, 4) is 0 Å². The summed E-state index contributed by atoms with van der Waals surface area (Å²) in [6.07, 6.45) is 4.13. The Kier molecular flexibility index (Phi) is 3.65. The van der Waals surface area contributed by atoms with Gasteiger partial charge in [0.05, 0.1) is 11.2 Å². The summed E-state index contributed by atoms with van der Waals surface area (Å²) in [6.45, 7) is 7.50. The standard InChI is InChI=1S/C16H18N2O/c1-4-10-16(2,3)15(19)18-13-9-5-7-12-8-6-11-17-14(12)13/h4-9,11H,1,10H2,2-3H3,(H,18,19). The van der Waals surface area contributed by atoms with Gasteiger partial charge in [0.2, 0.25) is 5.91 Å². The average molecular weight is 254 g/mol. The van der Waals surface area contributed by atoms with Crippen LogP contribution in [0.4, 0.5) is 5.69 Å². The van der Waals surface area contributed by atoms with Crippen molar-refractivity contribution in [2.75, 3.05) is 5.32 Å². The van der Waals surface area contributed by atoms with E-state index in [0.717, 1.165) is 16.6 Å². The van der Waals surface area contributed by atoms with Gasteiger partial charge in [-0.1, -0.05) is 38.1 Å². The number of para-hydroxylation sites is 1. The minimum absolute atomic E-state index is 0.0226. The lowest BCUT2D eigenvalue weighted by Gasteiger charge is -2.22. The fraction of sp³-hybridized carbons (Fsp3) is 0.250. The number of aromatic nitrogens is 1. The summed E-state index contributed by atoms with van der Waals surface area (Å²) >= 11 is 0. The van der Waals surface area contributed by atoms with Crippen molar-refractivity contribution in [1.29, 1.82) is 0 Å². The molecule has 0 bridgehead atoms. The molecule has 2 aromatic rings. The Morgan fingerprint density at radius 3 is 2.84 bits per heavy atom. The van der Waals surface area contributed by atoms with Crippen molar-refractivity contribution in [2.24, 2.45) is 5.41 Å². The first-order chi connectivity index (χ1) is 9.04. The first kappa shape index (κ1) is 13.3. The maximum Gasteiger partial charge on any atom is 0.230 e. The van der Waals surface area contributed by atoms with Gasteiger partial charge in [-0.3, -0.25) is 9.78 Å². The molecular formula is C16H18N2O. The second-order valence-corrected chi connectivity index (χ2v) is 5.21. The van der Waals surface area contributed by atoms with E-state index in [-0.39, 0.29) is 5.91 Å². The molecule has 0 aliphatic carbocycles. The van der Waals surface area contributed by atoms with Crippen LogP contribution in [0.3, 0.4) is 0 Å². The van der Waals surface area contributed by atoms with Crippen LogP contribution in [0.25, 0.3) is 10.9 Å². The van der Waals surface area contributed by atoms with E-state index in [4.69, 9.17) is 0 Å². The summed E-state index contributed by atoms with van der Waals surface area (Å²) in [4.78, 5) is 16.6. The Bertz CT molecular complexity index is 612. The van der Waals surface area contributed by atoms with E-state index < -0.39 is 5.41 Å². The lowest BCUT2D eigenvalue weighted by atomic mass is 9.88. The largest absolute Gasteiger partial charge is 0.324 e. The van der Waals surface area contributed by atoms with Gasteiger partial charge in [-0.05, 0) is 18.6 Å². The minimum Gasteiger partial charge on any atom is -0.324 e. The van der Waals surface area contributed by atoms with Crippen LogP contribution in [0, 0.1) is 5.41 Å². The Morgan fingerprint density at radius 1 is 1.37 bits per heavy atom. The summed E-state index contributed by atoms with van der Waals surface area (Å²) in [6, 6.07) is 9.63. The van der Waals surface area contributed by atoms with Crippen LogP contribution in [0.15, 0.2) is 49.2 Å². The molecule has 1 heterocycles. The van der Waals surface area contributed by atoms with Crippen LogP contribution in [-0.4, -0.2) is 10.9 Å². The quantitative estimate of drug-likeness (QED) is 0.844. The molecule has 0 radical (unpaired) electrons. The van der Waals surface area contributed by atoms with Crippen LogP contribution >= 0.6 is 0 Å². The van der Waals surface area contributed by atoms with E-state index in [9.17, 15) is 4.79 Å². The molecule has 1 aromatic carbocycles. The van der Waals surface area contributed by atoms with Crippen molar-refractivity contribution in [3.05, 3.63) is 49.2 Å². The number of nitrogens with zero attached hydrogens (tertiary/aromatic N) is 1.